The largest absolute Gasteiger partial charge is 0.390 e. The minimum atomic E-state index is -0.189. The van der Waals surface area contributed by atoms with Gasteiger partial charge in [-0.15, -0.1) is 0 Å². The van der Waals surface area contributed by atoms with Gasteiger partial charge in [-0.05, 0) is 49.9 Å². The molecule has 0 aromatic rings. The number of hydrogen-bond donors (Lipinski definition) is 1. The van der Waals surface area contributed by atoms with Gasteiger partial charge in [0, 0.05) is 0 Å². The molecule has 0 amide bonds. The van der Waals surface area contributed by atoms with Crippen LogP contribution < -0.4 is 0 Å². The molecular weight excluding hydrogens is 136 g/mol. The van der Waals surface area contributed by atoms with Crippen LogP contribution in [0.3, 0.4) is 0 Å². The summed E-state index contributed by atoms with van der Waals surface area (Å²) in [5.41, 5.74) is -0.189. The molecule has 1 heteroatoms. The Morgan fingerprint density at radius 1 is 1.18 bits per heavy atom. The van der Waals surface area contributed by atoms with E-state index >= 15 is 0 Å². The van der Waals surface area contributed by atoms with E-state index in [0.717, 1.165) is 24.7 Å². The van der Waals surface area contributed by atoms with Gasteiger partial charge in [0.15, 0.2) is 0 Å². The first-order valence-corrected chi connectivity index (χ1v) is 5.02. The van der Waals surface area contributed by atoms with Crippen molar-refractivity contribution in [2.24, 2.45) is 17.8 Å². The average Bonchev–Trinajstić information content (AvgIpc) is 2.53. The van der Waals surface area contributed by atoms with Gasteiger partial charge in [-0.25, -0.2) is 0 Å². The first-order chi connectivity index (χ1) is 5.30. The monoisotopic (exact) mass is 152 g/mol. The van der Waals surface area contributed by atoms with Crippen LogP contribution in [0.25, 0.3) is 0 Å². The molecule has 3 saturated carbocycles. The Bertz CT molecular complexity index is 189. The molecule has 0 aromatic heterocycles. The maximum Gasteiger partial charge on any atom is 0.0681 e. The van der Waals surface area contributed by atoms with Crippen LogP contribution in [-0.4, -0.2) is 10.7 Å². The third kappa shape index (κ3) is 0.658. The van der Waals surface area contributed by atoms with Crippen molar-refractivity contribution in [2.75, 3.05) is 0 Å². The van der Waals surface area contributed by atoms with Crippen LogP contribution in [0, 0.1) is 17.8 Å². The first-order valence-electron chi connectivity index (χ1n) is 5.02. The van der Waals surface area contributed by atoms with Crippen molar-refractivity contribution in [1.29, 1.82) is 0 Å². The molecule has 3 aliphatic carbocycles. The molecule has 0 aliphatic heterocycles. The maximum atomic E-state index is 10.2. The zero-order valence-corrected chi connectivity index (χ0v) is 6.92. The van der Waals surface area contributed by atoms with Crippen LogP contribution in [-0.2, 0) is 0 Å². The molecule has 3 fully saturated rings. The summed E-state index contributed by atoms with van der Waals surface area (Å²) in [5, 5.41) is 10.2. The topological polar surface area (TPSA) is 20.2 Å². The van der Waals surface area contributed by atoms with E-state index in [-0.39, 0.29) is 5.60 Å². The van der Waals surface area contributed by atoms with E-state index in [4.69, 9.17) is 0 Å². The second-order valence-corrected chi connectivity index (χ2v) is 4.81. The van der Waals surface area contributed by atoms with Crippen LogP contribution in [0.2, 0.25) is 0 Å². The standard InChI is InChI=1S/C10H16O/c11-10-5-4-7(6-10)8-2-1-3-9(8)10/h7-9,11H,1-6H2. The molecule has 3 aliphatic rings. The normalized spacial score (nSPS) is 60.3. The van der Waals surface area contributed by atoms with Crippen molar-refractivity contribution in [3.63, 3.8) is 0 Å². The molecule has 4 atom stereocenters. The van der Waals surface area contributed by atoms with Gasteiger partial charge in [0.05, 0.1) is 5.60 Å². The molecule has 1 nitrogen and oxygen atoms in total. The minimum Gasteiger partial charge on any atom is -0.390 e. The minimum absolute atomic E-state index is 0.189. The van der Waals surface area contributed by atoms with E-state index in [0.29, 0.717) is 5.92 Å². The SMILES string of the molecule is OC12CCC(C1)C1CCCC12. The predicted octanol–water partition coefficient (Wildman–Crippen LogP) is 1.95. The van der Waals surface area contributed by atoms with Crippen molar-refractivity contribution < 1.29 is 5.11 Å². The third-order valence-corrected chi connectivity index (χ3v) is 4.43. The van der Waals surface area contributed by atoms with Crippen molar-refractivity contribution in [3.05, 3.63) is 0 Å². The van der Waals surface area contributed by atoms with Gasteiger partial charge >= 0.3 is 0 Å². The van der Waals surface area contributed by atoms with Crippen LogP contribution in [0.5, 0.6) is 0 Å². The highest BCUT2D eigenvalue weighted by molar-refractivity contribution is 5.08. The van der Waals surface area contributed by atoms with Gasteiger partial charge < -0.3 is 5.11 Å². The average molecular weight is 152 g/mol. The summed E-state index contributed by atoms with van der Waals surface area (Å²) in [6.45, 7) is 0. The molecule has 0 heterocycles. The molecule has 4 unspecified atom stereocenters. The van der Waals surface area contributed by atoms with Gasteiger partial charge in [-0.2, -0.15) is 0 Å². The smallest absolute Gasteiger partial charge is 0.0681 e. The first kappa shape index (κ1) is 6.47. The number of fused-ring (bicyclic) bond motifs is 5. The van der Waals surface area contributed by atoms with E-state index in [1.54, 1.807) is 0 Å². The molecule has 0 radical (unpaired) electrons. The lowest BCUT2D eigenvalue weighted by Gasteiger charge is -2.30. The molecule has 62 valence electrons. The second-order valence-electron chi connectivity index (χ2n) is 4.81. The van der Waals surface area contributed by atoms with Crippen LogP contribution in [0.1, 0.15) is 38.5 Å². The zero-order valence-electron chi connectivity index (χ0n) is 6.92. The Morgan fingerprint density at radius 3 is 2.91 bits per heavy atom. The fourth-order valence-corrected chi connectivity index (χ4v) is 4.02. The Morgan fingerprint density at radius 2 is 2.09 bits per heavy atom. The van der Waals surface area contributed by atoms with Crippen LogP contribution in [0.15, 0.2) is 0 Å². The Labute approximate surface area is 67.8 Å². The highest BCUT2D eigenvalue weighted by Gasteiger charge is 2.57. The van der Waals surface area contributed by atoms with E-state index in [1.165, 1.54) is 25.7 Å². The Hall–Kier alpha value is -0.0400. The van der Waals surface area contributed by atoms with Crippen molar-refractivity contribution >= 4 is 0 Å². The summed E-state index contributed by atoms with van der Waals surface area (Å²) in [6.07, 6.45) is 7.68. The molecule has 0 saturated heterocycles. The molecule has 0 spiro atoms. The van der Waals surface area contributed by atoms with E-state index < -0.39 is 0 Å². The van der Waals surface area contributed by atoms with Gasteiger partial charge in [-0.3, -0.25) is 0 Å². The lowest BCUT2D eigenvalue weighted by Crippen LogP contribution is -2.33. The fourth-order valence-electron chi connectivity index (χ4n) is 4.02. The number of rotatable bonds is 0. The lowest BCUT2D eigenvalue weighted by atomic mass is 9.79. The third-order valence-electron chi connectivity index (χ3n) is 4.43. The number of hydrogen-bond acceptors (Lipinski definition) is 1. The number of aliphatic hydroxyl groups is 1. The summed E-state index contributed by atoms with van der Waals surface area (Å²) < 4.78 is 0. The zero-order chi connectivity index (χ0) is 7.47. The highest BCUT2D eigenvalue weighted by atomic mass is 16.3. The summed E-state index contributed by atoms with van der Waals surface area (Å²) in [6, 6.07) is 0. The quantitative estimate of drug-likeness (QED) is 0.562. The van der Waals surface area contributed by atoms with Crippen LogP contribution >= 0.6 is 0 Å². The summed E-state index contributed by atoms with van der Waals surface area (Å²) >= 11 is 0. The lowest BCUT2D eigenvalue weighted by molar-refractivity contribution is -0.00650. The molecule has 2 bridgehead atoms. The van der Waals surface area contributed by atoms with E-state index in [2.05, 4.69) is 0 Å². The Kier molecular flexibility index (Phi) is 1.07. The molecule has 3 rings (SSSR count). The predicted molar refractivity (Wildman–Crippen MR) is 43.1 cm³/mol. The summed E-state index contributed by atoms with van der Waals surface area (Å²) in [4.78, 5) is 0. The van der Waals surface area contributed by atoms with E-state index in [1.807, 2.05) is 0 Å². The molecular formula is C10H16O. The summed E-state index contributed by atoms with van der Waals surface area (Å²) in [7, 11) is 0. The molecule has 1 N–H and O–H groups in total. The highest BCUT2D eigenvalue weighted by Crippen LogP contribution is 2.60. The van der Waals surface area contributed by atoms with Crippen molar-refractivity contribution in [3.8, 4) is 0 Å². The molecule has 11 heavy (non-hydrogen) atoms. The van der Waals surface area contributed by atoms with Gasteiger partial charge in [0.1, 0.15) is 0 Å². The Balaban J connectivity index is 1.98. The van der Waals surface area contributed by atoms with Crippen molar-refractivity contribution in [2.45, 2.75) is 44.1 Å². The fraction of sp³-hybridized carbons (Fsp3) is 1.00. The molecule has 0 aromatic carbocycles. The van der Waals surface area contributed by atoms with Crippen LogP contribution in [0.4, 0.5) is 0 Å². The van der Waals surface area contributed by atoms with Crippen molar-refractivity contribution in [1.82, 2.24) is 0 Å². The maximum absolute atomic E-state index is 10.2. The van der Waals surface area contributed by atoms with E-state index in [9.17, 15) is 5.11 Å². The van der Waals surface area contributed by atoms with Gasteiger partial charge in [-0.1, -0.05) is 6.42 Å². The second kappa shape index (κ2) is 1.82. The van der Waals surface area contributed by atoms with Gasteiger partial charge in [0.25, 0.3) is 0 Å². The summed E-state index contributed by atoms with van der Waals surface area (Å²) in [5.74, 6) is 2.54. The van der Waals surface area contributed by atoms with Gasteiger partial charge in [0.2, 0.25) is 0 Å².